The summed E-state index contributed by atoms with van der Waals surface area (Å²) >= 11 is 1.38. The van der Waals surface area contributed by atoms with Crippen LogP contribution in [0.4, 0.5) is 5.82 Å². The fourth-order valence-corrected chi connectivity index (χ4v) is 3.47. The van der Waals surface area contributed by atoms with Crippen LogP contribution in [0, 0.1) is 6.92 Å². The van der Waals surface area contributed by atoms with Gasteiger partial charge in [0.25, 0.3) is 5.91 Å². The molecule has 1 amide bonds. The third kappa shape index (κ3) is 4.19. The quantitative estimate of drug-likeness (QED) is 0.673. The summed E-state index contributed by atoms with van der Waals surface area (Å²) in [5.74, 6) is 0.635. The number of carbonyl (C=O) groups is 1. The van der Waals surface area contributed by atoms with Gasteiger partial charge in [0.1, 0.15) is 17.0 Å². The molecule has 2 aromatic rings. The molecule has 7 nitrogen and oxygen atoms in total. The topological polar surface area (TPSA) is 85.4 Å². The van der Waals surface area contributed by atoms with E-state index in [1.54, 1.807) is 14.2 Å². The van der Waals surface area contributed by atoms with Gasteiger partial charge in [-0.1, -0.05) is 6.92 Å². The number of ether oxygens (including phenoxy) is 2. The zero-order valence-electron chi connectivity index (χ0n) is 14.5. The van der Waals surface area contributed by atoms with Gasteiger partial charge in [0.2, 0.25) is 0 Å². The number of hydrogen-bond donors (Lipinski definition) is 2. The molecule has 0 saturated heterocycles. The van der Waals surface area contributed by atoms with Crippen molar-refractivity contribution in [3.8, 4) is 0 Å². The van der Waals surface area contributed by atoms with Crippen molar-refractivity contribution in [1.82, 2.24) is 15.3 Å². The largest absolute Gasteiger partial charge is 0.383 e. The van der Waals surface area contributed by atoms with E-state index in [0.29, 0.717) is 24.6 Å². The van der Waals surface area contributed by atoms with E-state index in [0.717, 1.165) is 28.0 Å². The van der Waals surface area contributed by atoms with Gasteiger partial charge in [0.15, 0.2) is 0 Å². The summed E-state index contributed by atoms with van der Waals surface area (Å²) in [6, 6.07) is 0.159. The van der Waals surface area contributed by atoms with Crippen LogP contribution >= 0.6 is 11.3 Å². The molecule has 2 aromatic heterocycles. The molecule has 0 aliphatic rings. The number of fused-ring (bicyclic) bond motifs is 1. The Hall–Kier alpha value is -1.77. The van der Waals surface area contributed by atoms with E-state index >= 15 is 0 Å². The lowest BCUT2D eigenvalue weighted by Gasteiger charge is -2.17. The lowest BCUT2D eigenvalue weighted by molar-refractivity contribution is 0.0940. The molecule has 8 heteroatoms. The molecular weight excluding hydrogens is 328 g/mol. The maximum absolute atomic E-state index is 12.4. The Bertz CT molecular complexity index is 689. The number of aryl methyl sites for hydroxylation is 1. The van der Waals surface area contributed by atoms with Crippen molar-refractivity contribution in [3.05, 3.63) is 16.8 Å². The van der Waals surface area contributed by atoms with E-state index in [4.69, 9.17) is 9.47 Å². The molecule has 2 rings (SSSR count). The Morgan fingerprint density at radius 1 is 1.33 bits per heavy atom. The van der Waals surface area contributed by atoms with Crippen LogP contribution in [-0.2, 0) is 9.47 Å². The lowest BCUT2D eigenvalue weighted by atomic mass is 10.1. The SMILES string of the molecule is CC[C@@H](COC)Nc1ncnc2sc(C(=O)NCCOC)c(C)c12. The van der Waals surface area contributed by atoms with Crippen LogP contribution < -0.4 is 10.6 Å². The Morgan fingerprint density at radius 3 is 2.79 bits per heavy atom. The summed E-state index contributed by atoms with van der Waals surface area (Å²) in [7, 11) is 3.28. The minimum Gasteiger partial charge on any atom is -0.383 e. The minimum absolute atomic E-state index is 0.109. The van der Waals surface area contributed by atoms with Gasteiger partial charge in [-0.05, 0) is 18.9 Å². The molecule has 0 fully saturated rings. The van der Waals surface area contributed by atoms with E-state index in [1.807, 2.05) is 6.92 Å². The fraction of sp³-hybridized carbons (Fsp3) is 0.562. The first-order valence-electron chi connectivity index (χ1n) is 7.89. The zero-order valence-corrected chi connectivity index (χ0v) is 15.3. The first kappa shape index (κ1) is 18.6. The molecule has 1 atom stereocenters. The second-order valence-corrected chi connectivity index (χ2v) is 6.41. The standard InChI is InChI=1S/C16H24N4O3S/c1-5-11(8-23-4)20-14-12-10(2)13(15(21)17-6-7-22-3)24-16(12)19-9-18-14/h9,11H,5-8H2,1-4H3,(H,17,21)(H,18,19,20)/t11-/m0/s1. The predicted molar refractivity (Wildman–Crippen MR) is 95.9 cm³/mol. The molecule has 0 radical (unpaired) electrons. The third-order valence-corrected chi connectivity index (χ3v) is 4.92. The van der Waals surface area contributed by atoms with E-state index in [9.17, 15) is 4.79 Å². The van der Waals surface area contributed by atoms with Crippen LogP contribution in [0.1, 0.15) is 28.6 Å². The number of hydrogen-bond acceptors (Lipinski definition) is 7. The summed E-state index contributed by atoms with van der Waals surface area (Å²) in [6.45, 7) is 5.57. The number of anilines is 1. The van der Waals surface area contributed by atoms with Crippen molar-refractivity contribution in [1.29, 1.82) is 0 Å². The Morgan fingerprint density at radius 2 is 2.12 bits per heavy atom. The van der Waals surface area contributed by atoms with Gasteiger partial charge in [-0.2, -0.15) is 0 Å². The molecule has 2 N–H and O–H groups in total. The number of carbonyl (C=O) groups excluding carboxylic acids is 1. The molecule has 132 valence electrons. The van der Waals surface area contributed by atoms with Crippen molar-refractivity contribution in [2.45, 2.75) is 26.3 Å². The summed E-state index contributed by atoms with van der Waals surface area (Å²) in [6.07, 6.45) is 2.43. The van der Waals surface area contributed by atoms with Crippen LogP contribution in [0.15, 0.2) is 6.33 Å². The van der Waals surface area contributed by atoms with Gasteiger partial charge in [0, 0.05) is 20.8 Å². The number of methoxy groups -OCH3 is 2. The molecule has 0 saturated carbocycles. The van der Waals surface area contributed by atoms with Gasteiger partial charge >= 0.3 is 0 Å². The molecule has 0 spiro atoms. The number of aromatic nitrogens is 2. The average Bonchev–Trinajstić information content (AvgIpc) is 2.92. The highest BCUT2D eigenvalue weighted by molar-refractivity contribution is 7.20. The molecule has 0 aliphatic carbocycles. The van der Waals surface area contributed by atoms with Gasteiger partial charge in [-0.25, -0.2) is 9.97 Å². The normalized spacial score (nSPS) is 12.3. The lowest BCUT2D eigenvalue weighted by Crippen LogP contribution is -2.26. The maximum atomic E-state index is 12.4. The van der Waals surface area contributed by atoms with E-state index in [2.05, 4.69) is 27.5 Å². The van der Waals surface area contributed by atoms with Gasteiger partial charge < -0.3 is 20.1 Å². The molecule has 0 unspecified atom stereocenters. The second kappa shape index (κ2) is 8.91. The molecular formula is C16H24N4O3S. The third-order valence-electron chi connectivity index (χ3n) is 3.73. The number of rotatable bonds is 9. The Kier molecular flexibility index (Phi) is 6.89. The molecule has 24 heavy (non-hydrogen) atoms. The van der Waals surface area contributed by atoms with Crippen molar-refractivity contribution >= 4 is 33.3 Å². The summed E-state index contributed by atoms with van der Waals surface area (Å²) in [5.41, 5.74) is 0.889. The zero-order chi connectivity index (χ0) is 17.5. The van der Waals surface area contributed by atoms with Crippen molar-refractivity contribution < 1.29 is 14.3 Å². The van der Waals surface area contributed by atoms with Gasteiger partial charge in [0.05, 0.1) is 29.5 Å². The number of nitrogens with zero attached hydrogens (tertiary/aromatic N) is 2. The number of amides is 1. The molecule has 0 aliphatic heterocycles. The van der Waals surface area contributed by atoms with Crippen molar-refractivity contribution in [2.75, 3.05) is 39.3 Å². The van der Waals surface area contributed by atoms with Crippen molar-refractivity contribution in [3.63, 3.8) is 0 Å². The molecule has 2 heterocycles. The fourth-order valence-electron chi connectivity index (χ4n) is 2.40. The maximum Gasteiger partial charge on any atom is 0.261 e. The highest BCUT2D eigenvalue weighted by Gasteiger charge is 2.20. The van der Waals surface area contributed by atoms with E-state index < -0.39 is 0 Å². The first-order valence-corrected chi connectivity index (χ1v) is 8.70. The van der Waals surface area contributed by atoms with E-state index in [-0.39, 0.29) is 11.9 Å². The number of thiophene rings is 1. The number of nitrogens with one attached hydrogen (secondary N) is 2. The van der Waals surface area contributed by atoms with Crippen LogP contribution in [0.5, 0.6) is 0 Å². The summed E-state index contributed by atoms with van der Waals surface area (Å²) in [5, 5.41) is 7.15. The molecule has 0 aromatic carbocycles. The Labute approximate surface area is 145 Å². The minimum atomic E-state index is -0.109. The van der Waals surface area contributed by atoms with E-state index in [1.165, 1.54) is 17.7 Å². The highest BCUT2D eigenvalue weighted by Crippen LogP contribution is 2.33. The molecule has 0 bridgehead atoms. The predicted octanol–water partition coefficient (Wildman–Crippen LogP) is 2.21. The average molecular weight is 352 g/mol. The highest BCUT2D eigenvalue weighted by atomic mass is 32.1. The van der Waals surface area contributed by atoms with Crippen LogP contribution in [0.25, 0.3) is 10.2 Å². The second-order valence-electron chi connectivity index (χ2n) is 5.41. The first-order chi connectivity index (χ1) is 11.6. The van der Waals surface area contributed by atoms with Crippen molar-refractivity contribution in [2.24, 2.45) is 0 Å². The van der Waals surface area contributed by atoms with Crippen LogP contribution in [0.3, 0.4) is 0 Å². The summed E-state index contributed by atoms with van der Waals surface area (Å²) in [4.78, 5) is 22.5. The van der Waals surface area contributed by atoms with Crippen LogP contribution in [-0.4, -0.2) is 55.9 Å². The van der Waals surface area contributed by atoms with Gasteiger partial charge in [-0.3, -0.25) is 4.79 Å². The van der Waals surface area contributed by atoms with Gasteiger partial charge in [-0.15, -0.1) is 11.3 Å². The smallest absolute Gasteiger partial charge is 0.261 e. The van der Waals surface area contributed by atoms with Crippen LogP contribution in [0.2, 0.25) is 0 Å². The summed E-state index contributed by atoms with van der Waals surface area (Å²) < 4.78 is 10.2. The monoisotopic (exact) mass is 352 g/mol. The Balaban J connectivity index is 2.30.